The number of nitrogens with two attached hydrogens (primary N) is 1. The molecule has 0 aliphatic rings. The molecule has 1 heterocycles. The zero-order valence-corrected chi connectivity index (χ0v) is 17.0. The Kier molecular flexibility index (Phi) is 6.18. The number of halogens is 1. The molecule has 0 fully saturated rings. The predicted octanol–water partition coefficient (Wildman–Crippen LogP) is 4.23. The van der Waals surface area contributed by atoms with Crippen LogP contribution in [0.3, 0.4) is 0 Å². The summed E-state index contributed by atoms with van der Waals surface area (Å²) in [6, 6.07) is 11.3. The van der Waals surface area contributed by atoms with E-state index in [1.54, 1.807) is 36.4 Å². The van der Waals surface area contributed by atoms with Gasteiger partial charge < -0.3 is 20.5 Å². The first kappa shape index (κ1) is 20.4. The second kappa shape index (κ2) is 8.78. The molecule has 0 aliphatic heterocycles. The minimum atomic E-state index is -0.520. The van der Waals surface area contributed by atoms with E-state index in [4.69, 9.17) is 15.2 Å². The molecule has 2 aromatic carbocycles. The van der Waals surface area contributed by atoms with Crippen molar-refractivity contribution in [2.45, 2.75) is 19.9 Å². The largest absolute Gasteiger partial charge is 0.493 e. The Labute approximate surface area is 171 Å². The summed E-state index contributed by atoms with van der Waals surface area (Å²) in [6.07, 6.45) is 0. The number of nitrogens with zero attached hydrogens (tertiary/aromatic N) is 1. The van der Waals surface area contributed by atoms with E-state index in [9.17, 15) is 9.18 Å². The van der Waals surface area contributed by atoms with Crippen LogP contribution in [0.5, 0.6) is 17.2 Å². The van der Waals surface area contributed by atoms with Crippen LogP contribution >= 0.6 is 11.5 Å². The summed E-state index contributed by atoms with van der Waals surface area (Å²) in [6.45, 7) is 3.76. The number of aromatic amines is 1. The van der Waals surface area contributed by atoms with E-state index in [0.717, 1.165) is 11.5 Å². The van der Waals surface area contributed by atoms with Crippen LogP contribution in [0.4, 0.5) is 15.1 Å². The van der Waals surface area contributed by atoms with Gasteiger partial charge in [-0.25, -0.2) is 4.39 Å². The molecule has 0 saturated heterocycles. The van der Waals surface area contributed by atoms with Gasteiger partial charge in [0.2, 0.25) is 5.75 Å². The summed E-state index contributed by atoms with van der Waals surface area (Å²) >= 11 is 1.13. The SMILES string of the molecule is COc1cccc(F)c1Oc1ccc(Nc2s[nH]c(=O)c2C(N)=NC(C)C)cc1. The van der Waals surface area contributed by atoms with Gasteiger partial charge in [-0.15, -0.1) is 0 Å². The first-order chi connectivity index (χ1) is 13.9. The van der Waals surface area contributed by atoms with Crippen LogP contribution in [0, 0.1) is 5.82 Å². The maximum atomic E-state index is 14.0. The number of aliphatic imine (C=N–C) groups is 1. The molecule has 0 unspecified atom stereocenters. The lowest BCUT2D eigenvalue weighted by molar-refractivity contribution is 0.364. The molecule has 4 N–H and O–H groups in total. The Bertz CT molecular complexity index is 1070. The molecule has 9 heteroatoms. The van der Waals surface area contributed by atoms with Gasteiger partial charge in [-0.3, -0.25) is 14.2 Å². The number of amidine groups is 1. The van der Waals surface area contributed by atoms with Crippen LogP contribution in [0.2, 0.25) is 0 Å². The Morgan fingerprint density at radius 1 is 1.24 bits per heavy atom. The summed E-state index contributed by atoms with van der Waals surface area (Å²) in [7, 11) is 1.45. The van der Waals surface area contributed by atoms with Gasteiger partial charge in [0.25, 0.3) is 5.56 Å². The molecular formula is C20H21FN4O3S. The highest BCUT2D eigenvalue weighted by Crippen LogP contribution is 2.34. The van der Waals surface area contributed by atoms with Crippen molar-refractivity contribution in [3.8, 4) is 17.2 Å². The summed E-state index contributed by atoms with van der Waals surface area (Å²) in [5.74, 6) is 0.403. The van der Waals surface area contributed by atoms with Crippen LogP contribution in [-0.2, 0) is 0 Å². The number of hydrogen-bond donors (Lipinski definition) is 3. The van der Waals surface area contributed by atoms with E-state index in [2.05, 4.69) is 14.7 Å². The number of hydrogen-bond acceptors (Lipinski definition) is 6. The third kappa shape index (κ3) is 4.75. The van der Waals surface area contributed by atoms with Crippen molar-refractivity contribution >= 4 is 28.1 Å². The average molecular weight is 416 g/mol. The minimum Gasteiger partial charge on any atom is -0.493 e. The number of nitrogens with one attached hydrogen (secondary N) is 2. The quantitative estimate of drug-likeness (QED) is 0.395. The highest BCUT2D eigenvalue weighted by Gasteiger charge is 2.16. The molecule has 0 saturated carbocycles. The van der Waals surface area contributed by atoms with Crippen molar-refractivity contribution in [2.75, 3.05) is 12.4 Å². The molecule has 152 valence electrons. The monoisotopic (exact) mass is 416 g/mol. The second-order valence-electron chi connectivity index (χ2n) is 6.37. The van der Waals surface area contributed by atoms with Crippen molar-refractivity contribution in [1.29, 1.82) is 0 Å². The third-order valence-electron chi connectivity index (χ3n) is 3.84. The highest BCUT2D eigenvalue weighted by molar-refractivity contribution is 7.10. The van der Waals surface area contributed by atoms with Gasteiger partial charge in [0.1, 0.15) is 22.1 Å². The van der Waals surface area contributed by atoms with Crippen molar-refractivity contribution in [1.82, 2.24) is 4.37 Å². The molecule has 0 amide bonds. The standard InChI is InChI=1S/C20H21FN4O3S/c1-11(2)23-18(22)16-19(26)25-29-20(16)24-12-7-9-13(10-8-12)28-17-14(21)5-4-6-15(17)27-3/h4-11,24H,1-3H3,(H2,22,23)(H,25,26). The molecule has 0 radical (unpaired) electrons. The van der Waals surface area contributed by atoms with E-state index in [1.165, 1.54) is 13.2 Å². The minimum absolute atomic E-state index is 0.0134. The van der Waals surface area contributed by atoms with E-state index in [0.29, 0.717) is 27.8 Å². The van der Waals surface area contributed by atoms with Gasteiger partial charge >= 0.3 is 0 Å². The predicted molar refractivity (Wildman–Crippen MR) is 114 cm³/mol. The Hall–Kier alpha value is -3.33. The molecule has 3 aromatic rings. The van der Waals surface area contributed by atoms with Crippen molar-refractivity contribution in [3.05, 3.63) is 64.2 Å². The molecule has 0 atom stereocenters. The van der Waals surface area contributed by atoms with Crippen LogP contribution in [0.25, 0.3) is 0 Å². The number of H-pyrrole nitrogens is 1. The topological polar surface area (TPSA) is 102 Å². The van der Waals surface area contributed by atoms with Crippen molar-refractivity contribution < 1.29 is 13.9 Å². The molecule has 1 aromatic heterocycles. The summed E-state index contributed by atoms with van der Waals surface area (Å²) in [4.78, 5) is 16.3. The number of rotatable bonds is 7. The van der Waals surface area contributed by atoms with E-state index in [-0.39, 0.29) is 23.2 Å². The molecule has 7 nitrogen and oxygen atoms in total. The Morgan fingerprint density at radius 3 is 2.62 bits per heavy atom. The molecule has 0 bridgehead atoms. The van der Waals surface area contributed by atoms with E-state index in [1.807, 2.05) is 13.8 Å². The van der Waals surface area contributed by atoms with E-state index < -0.39 is 5.82 Å². The Morgan fingerprint density at radius 2 is 1.97 bits per heavy atom. The molecule has 29 heavy (non-hydrogen) atoms. The third-order valence-corrected chi connectivity index (χ3v) is 4.63. The number of ether oxygens (including phenoxy) is 2. The maximum Gasteiger partial charge on any atom is 0.271 e. The lowest BCUT2D eigenvalue weighted by atomic mass is 10.2. The number of benzene rings is 2. The first-order valence-electron chi connectivity index (χ1n) is 8.81. The molecule has 0 spiro atoms. The number of anilines is 2. The van der Waals surface area contributed by atoms with Crippen LogP contribution < -0.4 is 26.1 Å². The van der Waals surface area contributed by atoms with Crippen molar-refractivity contribution in [3.63, 3.8) is 0 Å². The summed E-state index contributed by atoms with van der Waals surface area (Å²) < 4.78 is 27.4. The van der Waals surface area contributed by atoms with E-state index >= 15 is 0 Å². The normalized spacial score (nSPS) is 11.6. The van der Waals surface area contributed by atoms with Gasteiger partial charge in [-0.2, -0.15) is 0 Å². The number of aromatic nitrogens is 1. The fraction of sp³-hybridized carbons (Fsp3) is 0.200. The molecular weight excluding hydrogens is 395 g/mol. The highest BCUT2D eigenvalue weighted by atomic mass is 32.1. The molecule has 0 aliphatic carbocycles. The van der Waals surface area contributed by atoms with Gasteiger partial charge in [0.05, 0.1) is 7.11 Å². The summed E-state index contributed by atoms with van der Waals surface area (Å²) in [5, 5.41) is 3.70. The lowest BCUT2D eigenvalue weighted by Crippen LogP contribution is -2.23. The van der Waals surface area contributed by atoms with Crippen molar-refractivity contribution in [2.24, 2.45) is 10.7 Å². The van der Waals surface area contributed by atoms with Gasteiger partial charge in [-0.05, 0) is 61.8 Å². The fourth-order valence-corrected chi connectivity index (χ4v) is 3.34. The van der Waals surface area contributed by atoms with Crippen LogP contribution in [0.1, 0.15) is 19.4 Å². The zero-order valence-electron chi connectivity index (χ0n) is 16.2. The van der Waals surface area contributed by atoms with Gasteiger partial charge in [0, 0.05) is 11.7 Å². The summed E-state index contributed by atoms with van der Waals surface area (Å²) in [5.41, 5.74) is 6.68. The molecule has 3 rings (SSSR count). The van der Waals surface area contributed by atoms with Crippen LogP contribution in [-0.4, -0.2) is 23.4 Å². The van der Waals surface area contributed by atoms with Crippen LogP contribution in [0.15, 0.2) is 52.3 Å². The smallest absolute Gasteiger partial charge is 0.271 e. The van der Waals surface area contributed by atoms with Gasteiger partial charge in [0.15, 0.2) is 11.6 Å². The van der Waals surface area contributed by atoms with Gasteiger partial charge in [-0.1, -0.05) is 6.07 Å². The average Bonchev–Trinajstić information content (AvgIpc) is 3.04. The fourth-order valence-electron chi connectivity index (χ4n) is 2.57. The lowest BCUT2D eigenvalue weighted by Gasteiger charge is -2.12. The zero-order chi connectivity index (χ0) is 21.0. The first-order valence-corrected chi connectivity index (χ1v) is 9.63. The maximum absolute atomic E-state index is 14.0. The number of para-hydroxylation sites is 1. The Balaban J connectivity index is 1.80. The number of methoxy groups -OCH3 is 1. The second-order valence-corrected chi connectivity index (χ2v) is 7.18.